The molecule has 94 valence electrons. The number of nitrogens with zero attached hydrogens (tertiary/aromatic N) is 2. The molecule has 4 heteroatoms. The highest BCUT2D eigenvalue weighted by molar-refractivity contribution is 9.10. The van der Waals surface area contributed by atoms with Crippen LogP contribution in [0.3, 0.4) is 0 Å². The molecule has 2 heterocycles. The van der Waals surface area contributed by atoms with E-state index in [0.717, 1.165) is 41.7 Å². The van der Waals surface area contributed by atoms with E-state index in [1.54, 1.807) is 0 Å². The Labute approximate surface area is 115 Å². The molecule has 1 aromatic heterocycles. The molecule has 0 saturated carbocycles. The van der Waals surface area contributed by atoms with Crippen LogP contribution in [0.15, 0.2) is 34.9 Å². The highest BCUT2D eigenvalue weighted by Crippen LogP contribution is 2.23. The van der Waals surface area contributed by atoms with E-state index in [0.29, 0.717) is 0 Å². The summed E-state index contributed by atoms with van der Waals surface area (Å²) in [6, 6.07) is 8.28. The van der Waals surface area contributed by atoms with Gasteiger partial charge in [0.2, 0.25) is 0 Å². The van der Waals surface area contributed by atoms with Gasteiger partial charge >= 0.3 is 0 Å². The smallest absolute Gasteiger partial charge is 0.131 e. The summed E-state index contributed by atoms with van der Waals surface area (Å²) >= 11 is 3.43. The molecule has 2 aromatic rings. The number of imidazole rings is 1. The minimum atomic E-state index is -0.389. The molecule has 0 spiro atoms. The van der Waals surface area contributed by atoms with E-state index in [2.05, 4.69) is 33.0 Å². The fraction of sp³-hybridized carbons (Fsp3) is 0.357. The Hall–Kier alpha value is -1.13. The predicted molar refractivity (Wildman–Crippen MR) is 73.4 cm³/mol. The molecule has 1 unspecified atom stereocenters. The number of aliphatic hydroxyl groups excluding tert-OH is 1. The molecule has 1 aliphatic rings. The molecule has 0 saturated heterocycles. The zero-order valence-corrected chi connectivity index (χ0v) is 11.6. The van der Waals surface area contributed by atoms with Crippen molar-refractivity contribution in [3.05, 3.63) is 52.0 Å². The zero-order valence-electron chi connectivity index (χ0n) is 10.0. The van der Waals surface area contributed by atoms with Gasteiger partial charge in [-0.1, -0.05) is 28.1 Å². The first-order chi connectivity index (χ1) is 8.72. The van der Waals surface area contributed by atoms with Crippen molar-refractivity contribution in [3.8, 4) is 0 Å². The third kappa shape index (κ3) is 2.35. The summed E-state index contributed by atoms with van der Waals surface area (Å²) in [5.74, 6) is 1.01. The first-order valence-electron chi connectivity index (χ1n) is 6.21. The lowest BCUT2D eigenvalue weighted by Crippen LogP contribution is -2.16. The van der Waals surface area contributed by atoms with Gasteiger partial charge in [-0.3, -0.25) is 0 Å². The number of rotatable bonds is 2. The topological polar surface area (TPSA) is 38.1 Å². The minimum absolute atomic E-state index is 0.389. The maximum absolute atomic E-state index is 9.89. The summed E-state index contributed by atoms with van der Waals surface area (Å²) in [6.45, 7) is 0. The van der Waals surface area contributed by atoms with Crippen molar-refractivity contribution in [2.45, 2.75) is 31.9 Å². The first kappa shape index (κ1) is 11.9. The summed E-state index contributed by atoms with van der Waals surface area (Å²) in [4.78, 5) is 4.61. The van der Waals surface area contributed by atoms with Crippen LogP contribution in [-0.4, -0.2) is 14.7 Å². The van der Waals surface area contributed by atoms with Crippen LogP contribution in [-0.2, 0) is 12.8 Å². The van der Waals surface area contributed by atoms with E-state index >= 15 is 0 Å². The van der Waals surface area contributed by atoms with Crippen LogP contribution in [0.5, 0.6) is 0 Å². The van der Waals surface area contributed by atoms with Crippen molar-refractivity contribution in [3.63, 3.8) is 0 Å². The third-order valence-corrected chi connectivity index (χ3v) is 3.87. The zero-order chi connectivity index (χ0) is 12.5. The molecule has 3 nitrogen and oxygen atoms in total. The van der Waals surface area contributed by atoms with Crippen LogP contribution in [0, 0.1) is 0 Å². The number of aromatic nitrogens is 2. The molecule has 1 aromatic carbocycles. The van der Waals surface area contributed by atoms with Crippen molar-refractivity contribution < 1.29 is 5.11 Å². The van der Waals surface area contributed by atoms with Gasteiger partial charge in [-0.15, -0.1) is 0 Å². The number of fused-ring (bicyclic) bond motifs is 1. The summed E-state index contributed by atoms with van der Waals surface area (Å²) < 4.78 is 3.00. The van der Waals surface area contributed by atoms with E-state index in [1.807, 2.05) is 22.9 Å². The van der Waals surface area contributed by atoms with Crippen molar-refractivity contribution in [1.82, 2.24) is 9.55 Å². The molecule has 3 rings (SSSR count). The predicted octanol–water partition coefficient (Wildman–Crippen LogP) is 3.06. The van der Waals surface area contributed by atoms with Crippen molar-refractivity contribution in [1.29, 1.82) is 0 Å². The van der Waals surface area contributed by atoms with Gasteiger partial charge in [-0.2, -0.15) is 0 Å². The highest BCUT2D eigenvalue weighted by Gasteiger charge is 2.19. The molecule has 1 N–H and O–H groups in total. The van der Waals surface area contributed by atoms with E-state index in [1.165, 1.54) is 5.56 Å². The monoisotopic (exact) mass is 306 g/mol. The van der Waals surface area contributed by atoms with Gasteiger partial charge in [0, 0.05) is 23.5 Å². The SMILES string of the molecule is OC1CCCc2nc(Cc3ccc(Br)cc3)cn21. The molecule has 0 radical (unpaired) electrons. The van der Waals surface area contributed by atoms with Gasteiger partial charge in [0.15, 0.2) is 0 Å². The Morgan fingerprint density at radius 2 is 2.11 bits per heavy atom. The Morgan fingerprint density at radius 3 is 2.83 bits per heavy atom. The number of hydrogen-bond acceptors (Lipinski definition) is 2. The Bertz CT molecular complexity index is 547. The Kier molecular flexibility index (Phi) is 3.22. The minimum Gasteiger partial charge on any atom is -0.373 e. The maximum Gasteiger partial charge on any atom is 0.131 e. The van der Waals surface area contributed by atoms with Gasteiger partial charge in [-0.25, -0.2) is 4.98 Å². The average Bonchev–Trinajstić information content (AvgIpc) is 2.76. The average molecular weight is 307 g/mol. The molecular weight excluding hydrogens is 292 g/mol. The third-order valence-electron chi connectivity index (χ3n) is 3.34. The Balaban J connectivity index is 1.83. The second-order valence-corrected chi connectivity index (χ2v) is 5.65. The molecule has 0 aliphatic carbocycles. The van der Waals surface area contributed by atoms with Crippen molar-refractivity contribution in [2.75, 3.05) is 0 Å². The summed E-state index contributed by atoms with van der Waals surface area (Å²) in [5, 5.41) is 9.89. The summed E-state index contributed by atoms with van der Waals surface area (Å²) in [6.07, 6.45) is 5.25. The molecule has 18 heavy (non-hydrogen) atoms. The lowest BCUT2D eigenvalue weighted by molar-refractivity contribution is 0.0780. The van der Waals surface area contributed by atoms with Gasteiger partial charge in [0.25, 0.3) is 0 Å². The first-order valence-corrected chi connectivity index (χ1v) is 7.01. The number of benzene rings is 1. The second kappa shape index (κ2) is 4.86. The summed E-state index contributed by atoms with van der Waals surface area (Å²) in [5.41, 5.74) is 2.27. The van der Waals surface area contributed by atoms with E-state index in [-0.39, 0.29) is 6.23 Å². The van der Waals surface area contributed by atoms with Gasteiger partial charge in [-0.05, 0) is 30.5 Å². The van der Waals surface area contributed by atoms with Gasteiger partial charge < -0.3 is 9.67 Å². The van der Waals surface area contributed by atoms with E-state index < -0.39 is 0 Å². The normalized spacial score (nSPS) is 18.7. The highest BCUT2D eigenvalue weighted by atomic mass is 79.9. The molecule has 0 fully saturated rings. The molecule has 0 bridgehead atoms. The molecular formula is C14H15BrN2O. The molecule has 1 aliphatic heterocycles. The van der Waals surface area contributed by atoms with Crippen LogP contribution >= 0.6 is 15.9 Å². The fourth-order valence-electron chi connectivity index (χ4n) is 2.41. The number of aliphatic hydroxyl groups is 1. The van der Waals surface area contributed by atoms with E-state index in [4.69, 9.17) is 0 Å². The van der Waals surface area contributed by atoms with Crippen molar-refractivity contribution in [2.24, 2.45) is 0 Å². The lowest BCUT2D eigenvalue weighted by Gasteiger charge is -2.19. The number of aryl methyl sites for hydroxylation is 1. The summed E-state index contributed by atoms with van der Waals surface area (Å²) in [7, 11) is 0. The van der Waals surface area contributed by atoms with Gasteiger partial charge in [0.05, 0.1) is 5.69 Å². The quantitative estimate of drug-likeness (QED) is 0.926. The van der Waals surface area contributed by atoms with Crippen LogP contribution in [0.1, 0.15) is 36.2 Å². The maximum atomic E-state index is 9.89. The lowest BCUT2D eigenvalue weighted by atomic mass is 10.1. The number of halogens is 1. The molecule has 0 amide bonds. The van der Waals surface area contributed by atoms with Crippen LogP contribution < -0.4 is 0 Å². The number of hydrogen-bond donors (Lipinski definition) is 1. The van der Waals surface area contributed by atoms with Crippen molar-refractivity contribution >= 4 is 15.9 Å². The van der Waals surface area contributed by atoms with Crippen LogP contribution in [0.25, 0.3) is 0 Å². The van der Waals surface area contributed by atoms with Crippen LogP contribution in [0.4, 0.5) is 0 Å². The Morgan fingerprint density at radius 1 is 1.33 bits per heavy atom. The standard InChI is InChI=1S/C14H15BrN2O/c15-11-6-4-10(5-7-11)8-12-9-17-13(16-12)2-1-3-14(17)18/h4-7,9,14,18H,1-3,8H2. The van der Waals surface area contributed by atoms with E-state index in [9.17, 15) is 5.11 Å². The van der Waals surface area contributed by atoms with Gasteiger partial charge in [0.1, 0.15) is 12.1 Å². The second-order valence-electron chi connectivity index (χ2n) is 4.73. The fourth-order valence-corrected chi connectivity index (χ4v) is 2.67. The molecule has 1 atom stereocenters. The largest absolute Gasteiger partial charge is 0.373 e. The van der Waals surface area contributed by atoms with Crippen LogP contribution in [0.2, 0.25) is 0 Å².